The van der Waals surface area contributed by atoms with Gasteiger partial charge < -0.3 is 5.11 Å². The predicted octanol–water partition coefficient (Wildman–Crippen LogP) is 5.74. The molecule has 2 rings (SSSR count). The fraction of sp³-hybridized carbons (Fsp3) is 0.368. The largest absolute Gasteiger partial charge is 0.508 e. The Balaban J connectivity index is 2.56. The van der Waals surface area contributed by atoms with Gasteiger partial charge in [0, 0.05) is 10.7 Å². The summed E-state index contributed by atoms with van der Waals surface area (Å²) in [6, 6.07) is 11.1. The average Bonchev–Trinajstić information content (AvgIpc) is 2.54. The van der Waals surface area contributed by atoms with Crippen LogP contribution in [0.5, 0.6) is 5.75 Å². The summed E-state index contributed by atoms with van der Waals surface area (Å²) in [5.41, 5.74) is 1.15. The standard InChI is InChI=1S/C19H22F3OP/c1-4-18(5-2,15-12-13(3)10-11-16(15)23)24-17-9-7-6-8-14(17)19(20,21)22/h6-12,23-24H,4-5H2,1-3H3. The zero-order chi connectivity index (χ0) is 18.0. The quantitative estimate of drug-likeness (QED) is 0.679. The molecule has 0 heterocycles. The Bertz CT molecular complexity index is 706. The number of benzene rings is 2. The van der Waals surface area contributed by atoms with E-state index in [1.54, 1.807) is 18.2 Å². The number of hydrogen-bond donors (Lipinski definition) is 1. The van der Waals surface area contributed by atoms with Crippen molar-refractivity contribution in [3.8, 4) is 5.75 Å². The molecular weight excluding hydrogens is 332 g/mol. The second kappa shape index (κ2) is 7.14. The Morgan fingerprint density at radius 2 is 1.58 bits per heavy atom. The van der Waals surface area contributed by atoms with Crippen LogP contribution in [0.25, 0.3) is 0 Å². The van der Waals surface area contributed by atoms with Gasteiger partial charge in [0.2, 0.25) is 0 Å². The molecule has 0 spiro atoms. The average molecular weight is 354 g/mol. The summed E-state index contributed by atoms with van der Waals surface area (Å²) in [6.07, 6.45) is -3.05. The summed E-state index contributed by atoms with van der Waals surface area (Å²) < 4.78 is 40.0. The Morgan fingerprint density at radius 1 is 0.958 bits per heavy atom. The van der Waals surface area contributed by atoms with E-state index >= 15 is 0 Å². The molecule has 2 aromatic carbocycles. The van der Waals surface area contributed by atoms with Crippen LogP contribution in [-0.4, -0.2) is 5.11 Å². The number of aromatic hydroxyl groups is 1. The third-order valence-corrected chi connectivity index (χ3v) is 6.64. The molecule has 0 amide bonds. The predicted molar refractivity (Wildman–Crippen MR) is 94.5 cm³/mol. The van der Waals surface area contributed by atoms with Gasteiger partial charge in [-0.05, 0) is 37.2 Å². The smallest absolute Gasteiger partial charge is 0.417 e. The zero-order valence-electron chi connectivity index (χ0n) is 14.0. The summed E-state index contributed by atoms with van der Waals surface area (Å²) in [5, 5.41) is 10.1. The van der Waals surface area contributed by atoms with E-state index in [-0.39, 0.29) is 14.3 Å². The minimum Gasteiger partial charge on any atom is -0.508 e. The molecule has 130 valence electrons. The van der Waals surface area contributed by atoms with E-state index in [4.69, 9.17) is 0 Å². The summed E-state index contributed by atoms with van der Waals surface area (Å²) in [6.45, 7) is 5.86. The molecule has 0 saturated carbocycles. The van der Waals surface area contributed by atoms with E-state index < -0.39 is 16.9 Å². The van der Waals surface area contributed by atoms with Crippen LogP contribution in [0.1, 0.15) is 43.4 Å². The topological polar surface area (TPSA) is 20.2 Å². The number of phenolic OH excluding ortho intramolecular Hbond substituents is 1. The van der Waals surface area contributed by atoms with Gasteiger partial charge in [-0.15, -0.1) is 0 Å². The molecule has 5 heteroatoms. The lowest BCUT2D eigenvalue weighted by Gasteiger charge is -2.34. The first-order valence-corrected chi connectivity index (χ1v) is 8.98. The maximum atomic E-state index is 13.3. The Labute approximate surface area is 142 Å². The van der Waals surface area contributed by atoms with Crippen molar-refractivity contribution in [2.75, 3.05) is 0 Å². The highest BCUT2D eigenvalue weighted by Crippen LogP contribution is 2.51. The molecule has 0 aliphatic rings. The van der Waals surface area contributed by atoms with Crippen molar-refractivity contribution >= 4 is 13.9 Å². The van der Waals surface area contributed by atoms with Crippen LogP contribution >= 0.6 is 8.58 Å². The maximum Gasteiger partial charge on any atom is 0.417 e. The van der Waals surface area contributed by atoms with Gasteiger partial charge >= 0.3 is 6.18 Å². The summed E-state index contributed by atoms with van der Waals surface area (Å²) in [7, 11) is -0.0715. The molecule has 24 heavy (non-hydrogen) atoms. The van der Waals surface area contributed by atoms with Crippen LogP contribution in [0.2, 0.25) is 0 Å². The Hall–Kier alpha value is -1.54. The van der Waals surface area contributed by atoms with E-state index in [1.807, 2.05) is 32.9 Å². The van der Waals surface area contributed by atoms with E-state index in [1.165, 1.54) is 6.07 Å². The Morgan fingerprint density at radius 3 is 2.17 bits per heavy atom. The molecule has 0 aliphatic heterocycles. The first-order chi connectivity index (χ1) is 11.2. The van der Waals surface area contributed by atoms with Crippen LogP contribution < -0.4 is 5.30 Å². The number of hydrogen-bond acceptors (Lipinski definition) is 1. The number of halogens is 3. The molecule has 0 bridgehead atoms. The molecule has 0 radical (unpaired) electrons. The van der Waals surface area contributed by atoms with E-state index in [0.717, 1.165) is 17.2 Å². The van der Waals surface area contributed by atoms with Gasteiger partial charge in [0.25, 0.3) is 0 Å². The second-order valence-corrected chi connectivity index (χ2v) is 7.72. The highest BCUT2D eigenvalue weighted by Gasteiger charge is 2.37. The molecule has 0 saturated heterocycles. The minimum absolute atomic E-state index is 0.0715. The summed E-state index contributed by atoms with van der Waals surface area (Å²) in [4.78, 5) is 0. The van der Waals surface area contributed by atoms with Crippen molar-refractivity contribution in [3.63, 3.8) is 0 Å². The lowest BCUT2D eigenvalue weighted by atomic mass is 9.91. The third-order valence-electron chi connectivity index (χ3n) is 4.48. The second-order valence-electron chi connectivity index (χ2n) is 5.98. The molecular formula is C19H22F3OP. The van der Waals surface area contributed by atoms with Crippen LogP contribution in [0, 0.1) is 6.92 Å². The van der Waals surface area contributed by atoms with Gasteiger partial charge in [0.15, 0.2) is 0 Å². The van der Waals surface area contributed by atoms with Gasteiger partial charge in [-0.3, -0.25) is 0 Å². The number of aryl methyl sites for hydroxylation is 1. The SMILES string of the molecule is CCC(CC)(Pc1ccccc1C(F)(F)F)c1cc(C)ccc1O. The number of phenols is 1. The molecule has 2 aromatic rings. The molecule has 0 aromatic heterocycles. The molecule has 1 nitrogen and oxygen atoms in total. The van der Waals surface area contributed by atoms with Crippen molar-refractivity contribution in [2.45, 2.75) is 44.9 Å². The fourth-order valence-electron chi connectivity index (χ4n) is 3.01. The fourth-order valence-corrected chi connectivity index (χ4v) is 4.75. The number of rotatable bonds is 5. The lowest BCUT2D eigenvalue weighted by molar-refractivity contribution is -0.136. The lowest BCUT2D eigenvalue weighted by Crippen LogP contribution is -2.25. The minimum atomic E-state index is -4.37. The third kappa shape index (κ3) is 3.75. The molecule has 1 atom stereocenters. The Kier molecular flexibility index (Phi) is 5.59. The van der Waals surface area contributed by atoms with E-state index in [2.05, 4.69) is 0 Å². The summed E-state index contributed by atoms with van der Waals surface area (Å²) in [5.74, 6) is 0.154. The van der Waals surface area contributed by atoms with Crippen molar-refractivity contribution in [2.24, 2.45) is 0 Å². The van der Waals surface area contributed by atoms with Crippen molar-refractivity contribution in [3.05, 3.63) is 59.2 Å². The van der Waals surface area contributed by atoms with Gasteiger partial charge in [-0.2, -0.15) is 13.2 Å². The molecule has 0 fully saturated rings. The first kappa shape index (κ1) is 18.8. The van der Waals surface area contributed by atoms with Crippen LogP contribution in [-0.2, 0) is 11.3 Å². The molecule has 1 N–H and O–H groups in total. The van der Waals surface area contributed by atoms with Crippen molar-refractivity contribution < 1.29 is 18.3 Å². The van der Waals surface area contributed by atoms with Gasteiger partial charge in [-0.25, -0.2) is 0 Å². The summed E-state index contributed by atoms with van der Waals surface area (Å²) >= 11 is 0. The molecule has 1 unspecified atom stereocenters. The van der Waals surface area contributed by atoms with Gasteiger partial charge in [0.05, 0.1) is 5.56 Å². The maximum absolute atomic E-state index is 13.3. The van der Waals surface area contributed by atoms with E-state index in [0.29, 0.717) is 18.1 Å². The van der Waals surface area contributed by atoms with Crippen LogP contribution in [0.4, 0.5) is 13.2 Å². The van der Waals surface area contributed by atoms with E-state index in [9.17, 15) is 18.3 Å². The highest BCUT2D eigenvalue weighted by atomic mass is 31.1. The van der Waals surface area contributed by atoms with Crippen LogP contribution in [0.3, 0.4) is 0 Å². The normalized spacial score (nSPS) is 12.9. The van der Waals surface area contributed by atoms with Crippen LogP contribution in [0.15, 0.2) is 42.5 Å². The zero-order valence-corrected chi connectivity index (χ0v) is 15.0. The van der Waals surface area contributed by atoms with Gasteiger partial charge in [-0.1, -0.05) is 58.3 Å². The first-order valence-electron chi connectivity index (χ1n) is 7.98. The number of alkyl halides is 3. The molecule has 0 aliphatic carbocycles. The van der Waals surface area contributed by atoms with Crippen molar-refractivity contribution in [1.82, 2.24) is 0 Å². The van der Waals surface area contributed by atoms with Gasteiger partial charge in [0.1, 0.15) is 5.75 Å². The monoisotopic (exact) mass is 354 g/mol. The van der Waals surface area contributed by atoms with Crippen molar-refractivity contribution in [1.29, 1.82) is 0 Å². The highest BCUT2D eigenvalue weighted by molar-refractivity contribution is 7.48.